The van der Waals surface area contributed by atoms with Crippen molar-refractivity contribution in [3.8, 4) is 5.95 Å². The van der Waals surface area contributed by atoms with Crippen molar-refractivity contribution >= 4 is 22.8 Å². The normalized spacial score (nSPS) is 25.3. The van der Waals surface area contributed by atoms with Gasteiger partial charge in [0.15, 0.2) is 23.5 Å². The predicted octanol–water partition coefficient (Wildman–Crippen LogP) is -1.59. The molecule has 12 nitrogen and oxygen atoms in total. The number of nitrogens with zero attached hydrogens (tertiary/aromatic N) is 6. The van der Waals surface area contributed by atoms with E-state index in [1.54, 1.807) is 0 Å². The highest BCUT2D eigenvalue weighted by molar-refractivity contribution is 5.93. The number of imidazole rings is 1. The summed E-state index contributed by atoms with van der Waals surface area (Å²) in [5, 5.41) is 33.5. The van der Waals surface area contributed by atoms with Crippen molar-refractivity contribution in [1.82, 2.24) is 29.3 Å². The Kier molecular flexibility index (Phi) is 4.11. The van der Waals surface area contributed by atoms with Crippen LogP contribution < -0.4 is 5.73 Å². The Balaban J connectivity index is 1.80. The lowest BCUT2D eigenvalue weighted by Gasteiger charge is -2.16. The Morgan fingerprint density at radius 1 is 1.33 bits per heavy atom. The highest BCUT2D eigenvalue weighted by atomic mass is 16.6. The molecule has 0 bridgehead atoms. The van der Waals surface area contributed by atoms with Crippen LogP contribution >= 0.6 is 0 Å². The number of anilines is 1. The van der Waals surface area contributed by atoms with Crippen LogP contribution in [-0.4, -0.2) is 75.3 Å². The molecule has 1 saturated heterocycles. The molecule has 12 heteroatoms. The number of nitrogen functional groups attached to an aromatic ring is 1. The Morgan fingerprint density at radius 3 is 2.74 bits per heavy atom. The van der Waals surface area contributed by atoms with E-state index in [4.69, 9.17) is 10.5 Å². The number of nitrogens with two attached hydrogens (primary N) is 1. The standard InChI is InChI=1S/C15H17N7O5/c1-6(24)7-2-18-22(3-7)15-19-12(16)9-13(20-15)21(5-17-9)14-11(26)10(25)8(4-23)27-14/h2-3,5,8,10-11,14,23,25-26H,4H2,1H3,(H2,16,19,20)/t8?,10-,11-,14?/m1/s1. The van der Waals surface area contributed by atoms with Gasteiger partial charge in [0.05, 0.1) is 24.7 Å². The second kappa shape index (κ2) is 6.35. The van der Waals surface area contributed by atoms with Gasteiger partial charge in [0, 0.05) is 6.20 Å². The Hall–Kier alpha value is -2.93. The van der Waals surface area contributed by atoms with Crippen molar-refractivity contribution in [2.24, 2.45) is 0 Å². The summed E-state index contributed by atoms with van der Waals surface area (Å²) in [6, 6.07) is 0. The molecule has 4 heterocycles. The highest BCUT2D eigenvalue weighted by Crippen LogP contribution is 2.32. The summed E-state index contributed by atoms with van der Waals surface area (Å²) in [6.45, 7) is 0.960. The SMILES string of the molecule is CC(=O)c1cnn(-c2nc(N)c3ncn(C4OC(CO)[C@@H](O)[C@H]4O)c3n2)c1. The molecule has 1 aliphatic rings. The number of carbonyl (C=O) groups is 1. The van der Waals surface area contributed by atoms with E-state index in [0.29, 0.717) is 5.56 Å². The molecule has 4 rings (SSSR count). The van der Waals surface area contributed by atoms with Gasteiger partial charge in [-0.3, -0.25) is 9.36 Å². The Bertz CT molecular complexity index is 1020. The molecule has 0 radical (unpaired) electrons. The van der Waals surface area contributed by atoms with Crippen molar-refractivity contribution in [3.63, 3.8) is 0 Å². The van der Waals surface area contributed by atoms with Crippen LogP contribution in [-0.2, 0) is 4.74 Å². The van der Waals surface area contributed by atoms with Gasteiger partial charge in [-0.15, -0.1) is 0 Å². The monoisotopic (exact) mass is 375 g/mol. The zero-order chi connectivity index (χ0) is 19.3. The second-order valence-electron chi connectivity index (χ2n) is 6.19. The molecule has 0 spiro atoms. The van der Waals surface area contributed by atoms with E-state index in [1.807, 2.05) is 0 Å². The molecule has 5 N–H and O–H groups in total. The minimum Gasteiger partial charge on any atom is -0.394 e. The number of aromatic nitrogens is 6. The van der Waals surface area contributed by atoms with E-state index in [0.717, 1.165) is 0 Å². The molecule has 2 unspecified atom stereocenters. The van der Waals surface area contributed by atoms with Crippen LogP contribution in [0.2, 0.25) is 0 Å². The molecule has 0 amide bonds. The van der Waals surface area contributed by atoms with Crippen LogP contribution in [0.3, 0.4) is 0 Å². The number of aliphatic hydroxyl groups is 3. The van der Waals surface area contributed by atoms with Gasteiger partial charge in [0.2, 0.25) is 0 Å². The van der Waals surface area contributed by atoms with Gasteiger partial charge in [0.25, 0.3) is 5.95 Å². The largest absolute Gasteiger partial charge is 0.394 e. The smallest absolute Gasteiger partial charge is 0.254 e. The van der Waals surface area contributed by atoms with E-state index in [2.05, 4.69) is 20.1 Å². The van der Waals surface area contributed by atoms with Crippen molar-refractivity contribution in [1.29, 1.82) is 0 Å². The van der Waals surface area contributed by atoms with Crippen molar-refractivity contribution in [2.45, 2.75) is 31.5 Å². The predicted molar refractivity (Wildman–Crippen MR) is 89.9 cm³/mol. The lowest BCUT2D eigenvalue weighted by atomic mass is 10.1. The van der Waals surface area contributed by atoms with E-state index in [1.165, 1.54) is 34.9 Å². The van der Waals surface area contributed by atoms with Crippen LogP contribution in [0.15, 0.2) is 18.7 Å². The molecular weight excluding hydrogens is 358 g/mol. The first-order valence-electron chi connectivity index (χ1n) is 8.09. The number of hydrogen-bond acceptors (Lipinski definition) is 10. The van der Waals surface area contributed by atoms with Gasteiger partial charge < -0.3 is 25.8 Å². The fourth-order valence-electron chi connectivity index (χ4n) is 2.94. The molecule has 27 heavy (non-hydrogen) atoms. The van der Waals surface area contributed by atoms with E-state index >= 15 is 0 Å². The lowest BCUT2D eigenvalue weighted by molar-refractivity contribution is -0.0511. The van der Waals surface area contributed by atoms with E-state index in [9.17, 15) is 20.1 Å². The number of ketones is 1. The first-order chi connectivity index (χ1) is 12.9. The number of aliphatic hydroxyl groups excluding tert-OH is 3. The number of carbonyl (C=O) groups excluding carboxylic acids is 1. The molecule has 3 aromatic heterocycles. The van der Waals surface area contributed by atoms with Crippen LogP contribution in [0.1, 0.15) is 23.5 Å². The molecule has 142 valence electrons. The summed E-state index contributed by atoms with van der Waals surface area (Å²) in [7, 11) is 0. The van der Waals surface area contributed by atoms with Crippen LogP contribution in [0.4, 0.5) is 5.82 Å². The Morgan fingerprint density at radius 2 is 2.11 bits per heavy atom. The van der Waals surface area contributed by atoms with Gasteiger partial charge >= 0.3 is 0 Å². The van der Waals surface area contributed by atoms with Gasteiger partial charge in [0.1, 0.15) is 23.8 Å². The average Bonchev–Trinajstić information content (AvgIpc) is 3.34. The van der Waals surface area contributed by atoms with Crippen molar-refractivity contribution in [3.05, 3.63) is 24.3 Å². The molecular formula is C15H17N7O5. The molecule has 3 aromatic rings. The third-order valence-corrected chi connectivity index (χ3v) is 4.42. The van der Waals surface area contributed by atoms with Crippen LogP contribution in [0.25, 0.3) is 17.1 Å². The molecule has 4 atom stereocenters. The highest BCUT2D eigenvalue weighted by Gasteiger charge is 2.44. The van der Waals surface area contributed by atoms with Crippen LogP contribution in [0, 0.1) is 0 Å². The molecule has 0 aliphatic carbocycles. The maximum absolute atomic E-state index is 11.5. The average molecular weight is 375 g/mol. The molecule has 0 aromatic carbocycles. The third-order valence-electron chi connectivity index (χ3n) is 4.42. The summed E-state index contributed by atoms with van der Waals surface area (Å²) in [5.74, 6) is 0.00761. The molecule has 0 saturated carbocycles. The minimum absolute atomic E-state index is 0.0698. The summed E-state index contributed by atoms with van der Waals surface area (Å²) < 4.78 is 8.20. The number of Topliss-reactive ketones (excluding diaryl/α,β-unsaturated/α-hetero) is 1. The third kappa shape index (κ3) is 2.75. The lowest BCUT2D eigenvalue weighted by Crippen LogP contribution is -2.33. The van der Waals surface area contributed by atoms with Gasteiger partial charge in [-0.25, -0.2) is 9.67 Å². The minimum atomic E-state index is -1.30. The van der Waals surface area contributed by atoms with Gasteiger partial charge in [-0.2, -0.15) is 15.1 Å². The first kappa shape index (κ1) is 17.5. The number of fused-ring (bicyclic) bond motifs is 1. The second-order valence-corrected chi connectivity index (χ2v) is 6.19. The summed E-state index contributed by atoms with van der Waals surface area (Å²) in [4.78, 5) is 24.1. The quantitative estimate of drug-likeness (QED) is 0.389. The van der Waals surface area contributed by atoms with E-state index in [-0.39, 0.29) is 28.7 Å². The topological polar surface area (TPSA) is 174 Å². The molecule has 1 fully saturated rings. The fraction of sp³-hybridized carbons (Fsp3) is 0.400. The summed E-state index contributed by atoms with van der Waals surface area (Å²) >= 11 is 0. The maximum Gasteiger partial charge on any atom is 0.254 e. The molecule has 1 aliphatic heterocycles. The number of hydrogen-bond donors (Lipinski definition) is 4. The van der Waals surface area contributed by atoms with E-state index < -0.39 is 31.1 Å². The van der Waals surface area contributed by atoms with Gasteiger partial charge in [-0.1, -0.05) is 0 Å². The number of ether oxygens (including phenoxy) is 1. The van der Waals surface area contributed by atoms with Crippen LogP contribution in [0.5, 0.6) is 0 Å². The Labute approximate surface area is 151 Å². The fourth-order valence-corrected chi connectivity index (χ4v) is 2.94. The zero-order valence-corrected chi connectivity index (χ0v) is 14.2. The summed E-state index contributed by atoms with van der Waals surface area (Å²) in [6.07, 6.45) is -0.316. The van der Waals surface area contributed by atoms with Crippen molar-refractivity contribution in [2.75, 3.05) is 12.3 Å². The zero-order valence-electron chi connectivity index (χ0n) is 14.2. The van der Waals surface area contributed by atoms with Crippen molar-refractivity contribution < 1.29 is 24.9 Å². The summed E-state index contributed by atoms with van der Waals surface area (Å²) in [5.41, 5.74) is 6.86. The number of rotatable bonds is 4. The first-order valence-corrected chi connectivity index (χ1v) is 8.09. The maximum atomic E-state index is 11.5. The van der Waals surface area contributed by atoms with Gasteiger partial charge in [-0.05, 0) is 6.92 Å².